The highest BCUT2D eigenvalue weighted by Crippen LogP contribution is 2.07. The minimum absolute atomic E-state index is 1.29. The first-order chi connectivity index (χ1) is 7.91. The highest BCUT2D eigenvalue weighted by Gasteiger charge is 1.88. The summed E-state index contributed by atoms with van der Waals surface area (Å²) in [5.41, 5.74) is 0. The van der Waals surface area contributed by atoms with Gasteiger partial charge in [-0.3, -0.25) is 0 Å². The summed E-state index contributed by atoms with van der Waals surface area (Å²) in [6.45, 7) is 2.27. The Morgan fingerprint density at radius 1 is 0.750 bits per heavy atom. The van der Waals surface area contributed by atoms with Gasteiger partial charge in [0.1, 0.15) is 0 Å². The predicted molar refractivity (Wildman–Crippen MR) is 79.4 cm³/mol. The van der Waals surface area contributed by atoms with Gasteiger partial charge in [0.2, 0.25) is 0 Å². The van der Waals surface area contributed by atoms with E-state index in [9.17, 15) is 0 Å². The van der Waals surface area contributed by atoms with Crippen LogP contribution in [-0.2, 0) is 0 Å². The van der Waals surface area contributed by atoms with Crippen LogP contribution in [0.15, 0.2) is 12.2 Å². The number of hydrogen-bond acceptors (Lipinski definition) is 1. The number of allylic oxidation sites excluding steroid dienone is 2. The van der Waals surface area contributed by atoms with Crippen LogP contribution in [0.2, 0.25) is 0 Å². The Hall–Kier alpha value is 0.0900. The Balaban J connectivity index is 2.98. The van der Waals surface area contributed by atoms with E-state index >= 15 is 0 Å². The van der Waals surface area contributed by atoms with Gasteiger partial charge in [0.15, 0.2) is 0 Å². The molecule has 0 aliphatic rings. The van der Waals surface area contributed by atoms with Gasteiger partial charge >= 0.3 is 0 Å². The second-order valence-corrected chi connectivity index (χ2v) is 5.50. The first kappa shape index (κ1) is 16.1. The quantitative estimate of drug-likeness (QED) is 0.306. The van der Waals surface area contributed by atoms with Crippen LogP contribution >= 0.6 is 11.8 Å². The summed E-state index contributed by atoms with van der Waals surface area (Å²) in [5.74, 6) is 1.33. The first-order valence-electron chi connectivity index (χ1n) is 7.05. The molecule has 0 spiro atoms. The standard InChI is InChI=1S/C15H30S/c1-3-4-5-6-7-8-9-10-11-12-13-14-15-16-2/h9-10H,3-8,11-15H2,1-2H3. The van der Waals surface area contributed by atoms with Gasteiger partial charge in [0.05, 0.1) is 0 Å². The highest BCUT2D eigenvalue weighted by atomic mass is 32.2. The van der Waals surface area contributed by atoms with E-state index in [4.69, 9.17) is 0 Å². The van der Waals surface area contributed by atoms with Crippen LogP contribution in [0, 0.1) is 0 Å². The van der Waals surface area contributed by atoms with E-state index in [1.807, 2.05) is 11.8 Å². The van der Waals surface area contributed by atoms with E-state index in [-0.39, 0.29) is 0 Å². The van der Waals surface area contributed by atoms with Crippen molar-refractivity contribution in [2.24, 2.45) is 0 Å². The van der Waals surface area contributed by atoms with E-state index in [2.05, 4.69) is 25.3 Å². The van der Waals surface area contributed by atoms with Gasteiger partial charge in [-0.05, 0) is 44.1 Å². The third-order valence-corrected chi connectivity index (χ3v) is 3.56. The molecule has 0 aliphatic heterocycles. The molecule has 0 nitrogen and oxygen atoms in total. The summed E-state index contributed by atoms with van der Waals surface area (Å²) in [7, 11) is 0. The van der Waals surface area contributed by atoms with Crippen LogP contribution in [0.25, 0.3) is 0 Å². The van der Waals surface area contributed by atoms with Gasteiger partial charge in [-0.15, -0.1) is 0 Å². The minimum atomic E-state index is 1.29. The summed E-state index contributed by atoms with van der Waals surface area (Å²) in [6, 6.07) is 0. The number of rotatable bonds is 12. The molecule has 0 aliphatic carbocycles. The monoisotopic (exact) mass is 242 g/mol. The molecule has 0 amide bonds. The fourth-order valence-corrected chi connectivity index (χ4v) is 2.28. The van der Waals surface area contributed by atoms with Crippen LogP contribution in [0.1, 0.15) is 71.1 Å². The smallest absolute Gasteiger partial charge is 0.00703 e. The maximum atomic E-state index is 2.39. The molecule has 16 heavy (non-hydrogen) atoms. The van der Waals surface area contributed by atoms with Crippen LogP contribution in [0.4, 0.5) is 0 Å². The molecule has 0 fully saturated rings. The van der Waals surface area contributed by atoms with Crippen molar-refractivity contribution in [2.75, 3.05) is 12.0 Å². The molecule has 0 aromatic heterocycles. The van der Waals surface area contributed by atoms with Gasteiger partial charge in [-0.1, -0.05) is 51.2 Å². The zero-order valence-electron chi connectivity index (χ0n) is 11.3. The molecular formula is C15H30S. The van der Waals surface area contributed by atoms with Crippen molar-refractivity contribution in [2.45, 2.75) is 71.1 Å². The van der Waals surface area contributed by atoms with Crippen molar-refractivity contribution in [1.82, 2.24) is 0 Å². The van der Waals surface area contributed by atoms with Gasteiger partial charge in [0, 0.05) is 0 Å². The summed E-state index contributed by atoms with van der Waals surface area (Å²) >= 11 is 1.96. The molecule has 0 rings (SSSR count). The fraction of sp³-hybridized carbons (Fsp3) is 0.867. The van der Waals surface area contributed by atoms with Crippen molar-refractivity contribution in [3.05, 3.63) is 12.2 Å². The third-order valence-electron chi connectivity index (χ3n) is 2.86. The summed E-state index contributed by atoms with van der Waals surface area (Å²) in [6.07, 6.45) is 20.8. The number of thioether (sulfide) groups is 1. The zero-order valence-corrected chi connectivity index (χ0v) is 12.2. The average Bonchev–Trinajstić information content (AvgIpc) is 2.31. The van der Waals surface area contributed by atoms with Crippen LogP contribution in [0.3, 0.4) is 0 Å². The summed E-state index contributed by atoms with van der Waals surface area (Å²) < 4.78 is 0. The largest absolute Gasteiger partial charge is 0.165 e. The molecule has 0 bridgehead atoms. The number of unbranched alkanes of at least 4 members (excludes halogenated alkanes) is 8. The van der Waals surface area contributed by atoms with Crippen molar-refractivity contribution in [3.63, 3.8) is 0 Å². The Morgan fingerprint density at radius 2 is 1.31 bits per heavy atom. The maximum absolute atomic E-state index is 2.39. The molecule has 0 atom stereocenters. The lowest BCUT2D eigenvalue weighted by atomic mass is 10.1. The lowest BCUT2D eigenvalue weighted by molar-refractivity contribution is 0.636. The van der Waals surface area contributed by atoms with E-state index in [0.29, 0.717) is 0 Å². The second-order valence-electron chi connectivity index (χ2n) is 4.52. The fourth-order valence-electron chi connectivity index (χ4n) is 1.79. The van der Waals surface area contributed by atoms with Crippen molar-refractivity contribution < 1.29 is 0 Å². The van der Waals surface area contributed by atoms with Crippen LogP contribution < -0.4 is 0 Å². The topological polar surface area (TPSA) is 0 Å². The van der Waals surface area contributed by atoms with Crippen LogP contribution in [-0.4, -0.2) is 12.0 Å². The van der Waals surface area contributed by atoms with E-state index in [1.54, 1.807) is 0 Å². The Labute approximate surface area is 107 Å². The van der Waals surface area contributed by atoms with E-state index in [1.165, 1.54) is 70.0 Å². The SMILES string of the molecule is CCCCCCCC=CCCCCCSC. The normalized spacial score (nSPS) is 11.4. The molecule has 0 aromatic carbocycles. The Morgan fingerprint density at radius 3 is 1.88 bits per heavy atom. The van der Waals surface area contributed by atoms with Crippen molar-refractivity contribution >= 4 is 11.8 Å². The van der Waals surface area contributed by atoms with E-state index < -0.39 is 0 Å². The molecule has 0 saturated carbocycles. The minimum Gasteiger partial charge on any atom is -0.165 e. The molecule has 96 valence electrons. The Kier molecular flexibility index (Phi) is 15.2. The lowest BCUT2D eigenvalue weighted by Gasteiger charge is -1.97. The van der Waals surface area contributed by atoms with Crippen molar-refractivity contribution in [3.8, 4) is 0 Å². The molecule has 0 unspecified atom stereocenters. The zero-order chi connectivity index (χ0) is 11.9. The highest BCUT2D eigenvalue weighted by molar-refractivity contribution is 7.98. The van der Waals surface area contributed by atoms with Crippen molar-refractivity contribution in [1.29, 1.82) is 0 Å². The molecule has 0 N–H and O–H groups in total. The third kappa shape index (κ3) is 14.1. The van der Waals surface area contributed by atoms with Gasteiger partial charge < -0.3 is 0 Å². The molecule has 0 heterocycles. The maximum Gasteiger partial charge on any atom is -0.00703 e. The molecule has 0 saturated heterocycles. The predicted octanol–water partition coefficient (Wildman–Crippen LogP) is 5.83. The van der Waals surface area contributed by atoms with E-state index in [0.717, 1.165) is 0 Å². The number of hydrogen-bond donors (Lipinski definition) is 0. The summed E-state index contributed by atoms with van der Waals surface area (Å²) in [4.78, 5) is 0. The van der Waals surface area contributed by atoms with Crippen LogP contribution in [0.5, 0.6) is 0 Å². The van der Waals surface area contributed by atoms with Gasteiger partial charge in [-0.25, -0.2) is 0 Å². The average molecular weight is 242 g/mol. The molecular weight excluding hydrogens is 212 g/mol. The van der Waals surface area contributed by atoms with Gasteiger partial charge in [-0.2, -0.15) is 11.8 Å². The first-order valence-corrected chi connectivity index (χ1v) is 8.45. The summed E-state index contributed by atoms with van der Waals surface area (Å²) in [5, 5.41) is 0. The lowest BCUT2D eigenvalue weighted by Crippen LogP contribution is -1.79. The molecule has 0 radical (unpaired) electrons. The molecule has 1 heteroatoms. The second kappa shape index (κ2) is 15.1. The molecule has 0 aromatic rings. The Bertz CT molecular complexity index is 124. The van der Waals surface area contributed by atoms with Gasteiger partial charge in [0.25, 0.3) is 0 Å².